The number of ether oxygens (including phenoxy) is 2. The molecule has 0 aromatic carbocycles. The monoisotopic (exact) mass is 450 g/mol. The zero-order chi connectivity index (χ0) is 23.6. The third-order valence-electron chi connectivity index (χ3n) is 4.90. The topological polar surface area (TPSA) is 103 Å². The normalized spacial score (nSPS) is 13.8. The van der Waals surface area contributed by atoms with Crippen molar-refractivity contribution in [1.29, 1.82) is 0 Å². The fraction of sp³-hybridized carbons (Fsp3) is 0.348. The highest BCUT2D eigenvalue weighted by atomic mass is 16.6. The quantitative estimate of drug-likeness (QED) is 0.601. The van der Waals surface area contributed by atoms with Crippen molar-refractivity contribution in [2.45, 2.75) is 32.8 Å². The predicted octanol–water partition coefficient (Wildman–Crippen LogP) is 3.34. The van der Waals surface area contributed by atoms with E-state index in [2.05, 4.69) is 15.1 Å². The molecule has 1 aliphatic rings. The van der Waals surface area contributed by atoms with Crippen LogP contribution in [0.25, 0.3) is 17.1 Å². The molecule has 4 heterocycles. The number of carbonyl (C=O) groups is 2. The van der Waals surface area contributed by atoms with Crippen LogP contribution in [0.15, 0.2) is 48.8 Å². The van der Waals surface area contributed by atoms with Crippen LogP contribution < -0.4 is 4.74 Å². The molecule has 2 amide bonds. The molecular formula is C23H26N6O4. The van der Waals surface area contributed by atoms with E-state index in [1.165, 1.54) is 10.0 Å². The first-order chi connectivity index (χ1) is 15.8. The highest BCUT2D eigenvalue weighted by Gasteiger charge is 2.35. The zero-order valence-corrected chi connectivity index (χ0v) is 19.1. The Morgan fingerprint density at radius 1 is 1.03 bits per heavy atom. The van der Waals surface area contributed by atoms with Crippen LogP contribution in [0.4, 0.5) is 4.79 Å². The molecule has 4 rings (SSSR count). The maximum Gasteiger partial charge on any atom is 0.429 e. The number of aromatic nitrogens is 4. The number of hydrazine groups is 1. The molecule has 0 unspecified atom stereocenters. The van der Waals surface area contributed by atoms with Crippen LogP contribution >= 0.6 is 0 Å². The van der Waals surface area contributed by atoms with E-state index in [9.17, 15) is 9.59 Å². The Morgan fingerprint density at radius 2 is 1.82 bits per heavy atom. The standard InChI is InChI=1S/C23H26N6O4/c1-23(2,3)33-22(31)28-13-7-12-27(28)21(30)18-14-19(17-8-5-6-11-24-17)29(26-18)16-9-10-20(32-4)25-15-16/h5-6,8-11,14-15H,7,12-13H2,1-4H3. The molecule has 0 spiro atoms. The molecule has 1 aliphatic heterocycles. The highest BCUT2D eigenvalue weighted by Crippen LogP contribution is 2.25. The molecule has 1 fully saturated rings. The van der Waals surface area contributed by atoms with Crippen molar-refractivity contribution in [3.8, 4) is 23.0 Å². The molecule has 10 heteroatoms. The minimum absolute atomic E-state index is 0.182. The van der Waals surface area contributed by atoms with E-state index in [4.69, 9.17) is 9.47 Å². The second kappa shape index (κ2) is 8.89. The van der Waals surface area contributed by atoms with E-state index in [1.54, 1.807) is 63.2 Å². The number of methoxy groups -OCH3 is 1. The molecule has 3 aromatic rings. The molecule has 33 heavy (non-hydrogen) atoms. The molecule has 1 saturated heterocycles. The third-order valence-corrected chi connectivity index (χ3v) is 4.90. The lowest BCUT2D eigenvalue weighted by Crippen LogP contribution is -2.47. The number of rotatable bonds is 4. The fourth-order valence-corrected chi connectivity index (χ4v) is 3.46. The zero-order valence-electron chi connectivity index (χ0n) is 19.1. The van der Waals surface area contributed by atoms with Gasteiger partial charge in [-0.1, -0.05) is 6.07 Å². The second-order valence-corrected chi connectivity index (χ2v) is 8.49. The first-order valence-electron chi connectivity index (χ1n) is 10.6. The van der Waals surface area contributed by atoms with Crippen molar-refractivity contribution in [2.24, 2.45) is 0 Å². The molecule has 0 N–H and O–H groups in total. The molecule has 0 aliphatic carbocycles. The Bertz CT molecular complexity index is 1140. The summed E-state index contributed by atoms with van der Waals surface area (Å²) >= 11 is 0. The summed E-state index contributed by atoms with van der Waals surface area (Å²) in [5, 5.41) is 7.27. The molecule has 0 bridgehead atoms. The minimum atomic E-state index is -0.663. The highest BCUT2D eigenvalue weighted by molar-refractivity contribution is 5.94. The number of pyridine rings is 2. The summed E-state index contributed by atoms with van der Waals surface area (Å²) < 4.78 is 12.2. The van der Waals surface area contributed by atoms with Crippen LogP contribution in [-0.2, 0) is 4.74 Å². The van der Waals surface area contributed by atoms with Crippen molar-refractivity contribution in [1.82, 2.24) is 29.8 Å². The largest absolute Gasteiger partial charge is 0.481 e. The van der Waals surface area contributed by atoms with Crippen molar-refractivity contribution >= 4 is 12.0 Å². The second-order valence-electron chi connectivity index (χ2n) is 8.49. The maximum absolute atomic E-state index is 13.4. The van der Waals surface area contributed by atoms with Gasteiger partial charge in [-0.05, 0) is 51.5 Å². The van der Waals surface area contributed by atoms with Crippen LogP contribution in [0, 0.1) is 0 Å². The van der Waals surface area contributed by atoms with E-state index in [1.807, 2.05) is 18.2 Å². The van der Waals surface area contributed by atoms with Crippen LogP contribution in [0.2, 0.25) is 0 Å². The van der Waals surface area contributed by atoms with E-state index >= 15 is 0 Å². The van der Waals surface area contributed by atoms with Crippen molar-refractivity contribution < 1.29 is 19.1 Å². The van der Waals surface area contributed by atoms with Gasteiger partial charge < -0.3 is 9.47 Å². The van der Waals surface area contributed by atoms with Gasteiger partial charge in [-0.3, -0.25) is 9.78 Å². The van der Waals surface area contributed by atoms with Gasteiger partial charge in [0.2, 0.25) is 5.88 Å². The third kappa shape index (κ3) is 4.79. The summed E-state index contributed by atoms with van der Waals surface area (Å²) in [5.41, 5.74) is 1.42. The van der Waals surface area contributed by atoms with Crippen LogP contribution in [-0.4, -0.2) is 67.6 Å². The van der Waals surface area contributed by atoms with Gasteiger partial charge in [0.15, 0.2) is 5.69 Å². The Balaban J connectivity index is 1.69. The molecule has 0 atom stereocenters. The van der Waals surface area contributed by atoms with Crippen LogP contribution in [0.5, 0.6) is 5.88 Å². The van der Waals surface area contributed by atoms with Gasteiger partial charge in [-0.2, -0.15) is 5.10 Å². The van der Waals surface area contributed by atoms with Gasteiger partial charge in [-0.25, -0.2) is 24.5 Å². The van der Waals surface area contributed by atoms with E-state index in [0.29, 0.717) is 42.5 Å². The summed E-state index contributed by atoms with van der Waals surface area (Å²) in [6, 6.07) is 10.7. The molecule has 0 saturated carbocycles. The smallest absolute Gasteiger partial charge is 0.429 e. The van der Waals surface area contributed by atoms with Crippen molar-refractivity contribution in [3.63, 3.8) is 0 Å². The van der Waals surface area contributed by atoms with E-state index in [0.717, 1.165) is 0 Å². The number of carbonyl (C=O) groups excluding carboxylic acids is 2. The number of hydrogen-bond acceptors (Lipinski definition) is 7. The molecular weight excluding hydrogens is 424 g/mol. The predicted molar refractivity (Wildman–Crippen MR) is 120 cm³/mol. The lowest BCUT2D eigenvalue weighted by atomic mass is 10.2. The van der Waals surface area contributed by atoms with Crippen molar-refractivity contribution in [3.05, 3.63) is 54.5 Å². The lowest BCUT2D eigenvalue weighted by molar-refractivity contribution is -0.0195. The van der Waals surface area contributed by atoms with E-state index < -0.39 is 17.6 Å². The first kappa shape index (κ1) is 22.3. The van der Waals surface area contributed by atoms with Crippen LogP contribution in [0.3, 0.4) is 0 Å². The summed E-state index contributed by atoms with van der Waals surface area (Å²) in [7, 11) is 1.54. The number of hydrogen-bond donors (Lipinski definition) is 0. The Morgan fingerprint density at radius 3 is 2.45 bits per heavy atom. The van der Waals surface area contributed by atoms with Gasteiger partial charge in [0.1, 0.15) is 5.60 Å². The van der Waals surface area contributed by atoms with Gasteiger partial charge in [0.05, 0.1) is 30.4 Å². The minimum Gasteiger partial charge on any atom is -0.481 e. The summed E-state index contributed by atoms with van der Waals surface area (Å²) in [5.74, 6) is 0.0717. The first-order valence-corrected chi connectivity index (χ1v) is 10.6. The van der Waals surface area contributed by atoms with Gasteiger partial charge >= 0.3 is 6.09 Å². The molecule has 10 nitrogen and oxygen atoms in total. The Kier molecular flexibility index (Phi) is 5.99. The molecule has 0 radical (unpaired) electrons. The Labute approximate surface area is 191 Å². The molecule has 172 valence electrons. The molecule has 3 aromatic heterocycles. The van der Waals surface area contributed by atoms with Gasteiger partial charge in [-0.15, -0.1) is 0 Å². The number of nitrogens with zero attached hydrogens (tertiary/aromatic N) is 6. The van der Waals surface area contributed by atoms with Gasteiger partial charge in [0.25, 0.3) is 5.91 Å². The average Bonchev–Trinajstić information content (AvgIpc) is 3.46. The lowest BCUT2D eigenvalue weighted by Gasteiger charge is -2.29. The summed E-state index contributed by atoms with van der Waals surface area (Å²) in [6.07, 6.45) is 3.37. The Hall–Kier alpha value is -3.95. The van der Waals surface area contributed by atoms with Crippen LogP contribution in [0.1, 0.15) is 37.7 Å². The number of amides is 2. The van der Waals surface area contributed by atoms with E-state index in [-0.39, 0.29) is 5.69 Å². The maximum atomic E-state index is 13.4. The van der Waals surface area contributed by atoms with Gasteiger partial charge in [0, 0.05) is 25.4 Å². The van der Waals surface area contributed by atoms with Crippen molar-refractivity contribution in [2.75, 3.05) is 20.2 Å². The SMILES string of the molecule is COc1ccc(-n2nc(C(=O)N3CCCN3C(=O)OC(C)(C)C)cc2-c2ccccn2)cn1. The summed E-state index contributed by atoms with van der Waals surface area (Å²) in [6.45, 7) is 6.16. The summed E-state index contributed by atoms with van der Waals surface area (Å²) in [4.78, 5) is 34.7. The fourth-order valence-electron chi connectivity index (χ4n) is 3.46. The average molecular weight is 450 g/mol.